The van der Waals surface area contributed by atoms with Gasteiger partial charge in [0.1, 0.15) is 78.5 Å². The van der Waals surface area contributed by atoms with Gasteiger partial charge in [-0.3, -0.25) is 71.9 Å². The van der Waals surface area contributed by atoms with E-state index in [4.69, 9.17) is 28.7 Å². The van der Waals surface area contributed by atoms with Crippen LogP contribution < -0.4 is 103 Å². The van der Waals surface area contributed by atoms with Gasteiger partial charge in [0.2, 0.25) is 88.6 Å². The van der Waals surface area contributed by atoms with Crippen LogP contribution in [-0.4, -0.2) is 251 Å². The number of hydrogen-bond acceptors (Lipinski definition) is 23. The van der Waals surface area contributed by atoms with Crippen molar-refractivity contribution in [3.8, 4) is 0 Å². The lowest BCUT2D eigenvalue weighted by Crippen LogP contribution is -2.62. The van der Waals surface area contributed by atoms with Crippen LogP contribution in [0.5, 0.6) is 0 Å². The molecule has 0 aliphatic rings. The van der Waals surface area contributed by atoms with Crippen molar-refractivity contribution in [1.82, 2.24) is 79.4 Å². The summed E-state index contributed by atoms with van der Waals surface area (Å²) in [6.07, 6.45) is 4.53. The Morgan fingerprint density at radius 2 is 0.712 bits per heavy atom. The standard InChI is InChI=1S/C79H138N20O17S2/c1-42(2)35-58(66(84)103)93-68(105)47(10)87-70(107)56(28-33-117-13)91-78(115)64(48(11)100)98-63(102)41-86-69(106)59(36-43(3)4)95-72(109)54(26-18-21-31-81)88-71(108)53(25-17-20-30-80)89-75(112)61(38-45(7)8)96-73(110)57(29-34-118-14)92-79(116)65(49(12)101)99-74(111)55(27-19-22-32-82)90-77(114)62(39-50-40-85-52-24-16-15-23-51(50)52)97-76(113)60(37-44(5)6)94-67(104)46(9)83/h15-16,23-24,40,42-49,53-62,64-65,85,100-101H,17-22,25-39,41,80-83H2,1-14H3,(H2,84,103)(H,86,106)(H,87,107)(H,88,108)(H,89,112)(H,90,114)(H,91,115)(H,92,116)(H,93,105)(H,94,104)(H,95,109)(H,96,110)(H,97,113)(H,98,102)(H,99,111)/t46-,47-,48+,49+,53-,54-,55-,56-,57-,58-,59-,60-,61-,62-,64-,65-/m0/s1. The first-order chi connectivity index (χ1) is 55.6. The summed E-state index contributed by atoms with van der Waals surface area (Å²) in [7, 11) is 0. The van der Waals surface area contributed by atoms with Crippen LogP contribution in [0.3, 0.4) is 0 Å². The molecule has 0 unspecified atom stereocenters. The highest BCUT2D eigenvalue weighted by molar-refractivity contribution is 7.98. The number of thioether (sulfide) groups is 2. The van der Waals surface area contributed by atoms with Gasteiger partial charge in [-0.1, -0.05) is 73.6 Å². The molecule has 37 nitrogen and oxygen atoms in total. The molecule has 39 heteroatoms. The number of hydrogen-bond donors (Lipinski definition) is 22. The molecule has 118 heavy (non-hydrogen) atoms. The molecule has 0 bridgehead atoms. The predicted octanol–water partition coefficient (Wildman–Crippen LogP) is -2.18. The smallest absolute Gasteiger partial charge is 0.245 e. The molecule has 0 spiro atoms. The fourth-order valence-corrected chi connectivity index (χ4v) is 13.5. The molecule has 2 rings (SSSR count). The lowest BCUT2D eigenvalue weighted by atomic mass is 10.00. The summed E-state index contributed by atoms with van der Waals surface area (Å²) in [6.45, 7) is 19.6. The first kappa shape index (κ1) is 105. The van der Waals surface area contributed by atoms with E-state index < -0.39 is 192 Å². The molecule has 0 radical (unpaired) electrons. The van der Waals surface area contributed by atoms with E-state index in [2.05, 4.69) is 79.4 Å². The van der Waals surface area contributed by atoms with Gasteiger partial charge >= 0.3 is 0 Å². The number of primary amides is 1. The highest BCUT2D eigenvalue weighted by atomic mass is 32.2. The van der Waals surface area contributed by atoms with Crippen LogP contribution >= 0.6 is 23.5 Å². The summed E-state index contributed by atoms with van der Waals surface area (Å²) in [4.78, 5) is 213. The van der Waals surface area contributed by atoms with E-state index in [1.54, 1.807) is 52.5 Å². The van der Waals surface area contributed by atoms with E-state index in [-0.39, 0.29) is 113 Å². The Hall–Kier alpha value is -8.73. The van der Waals surface area contributed by atoms with Crippen molar-refractivity contribution in [2.75, 3.05) is 50.2 Å². The average molecular weight is 1700 g/mol. The number of amides is 15. The van der Waals surface area contributed by atoms with Crippen molar-refractivity contribution in [2.24, 2.45) is 52.3 Å². The SMILES string of the molecule is CSCC[C@H](NC(=O)[C@@H](NC(=O)CNC(=O)[C@H](CC(C)C)NC(=O)[C@H](CCCCN)NC(=O)[C@H](CCCCN)NC(=O)[C@H](CC(C)C)NC(=O)[C@H](CCSC)NC(=O)[C@@H](NC(=O)[C@H](CCCCN)NC(=O)[C@H](Cc1c[nH]c2ccccc12)NC(=O)[C@H](CC(C)C)NC(=O)[C@H](C)N)[C@@H](C)O)[C@@H](C)O)C(=O)N[C@@H](C)C(=O)N[C@@H](CC(C)C)C(N)=O. The van der Waals surface area contributed by atoms with Gasteiger partial charge in [-0.05, 0) is 203 Å². The van der Waals surface area contributed by atoms with Gasteiger partial charge in [0, 0.05) is 23.5 Å². The zero-order valence-corrected chi connectivity index (χ0v) is 72.8. The molecule has 15 amide bonds. The summed E-state index contributed by atoms with van der Waals surface area (Å²) in [5.74, 6) is -12.3. The Morgan fingerprint density at radius 1 is 0.381 bits per heavy atom. The van der Waals surface area contributed by atoms with Gasteiger partial charge in [0.05, 0.1) is 24.8 Å². The third kappa shape index (κ3) is 39.4. The Bertz CT molecular complexity index is 3550. The van der Waals surface area contributed by atoms with Gasteiger partial charge in [-0.25, -0.2) is 0 Å². The number of rotatable bonds is 59. The van der Waals surface area contributed by atoms with Gasteiger partial charge in [0.15, 0.2) is 0 Å². The number of aromatic amines is 1. The number of aliphatic hydroxyl groups is 2. The number of carbonyl (C=O) groups is 15. The number of carbonyl (C=O) groups excluding carboxylic acids is 15. The normalized spacial score (nSPS) is 15.6. The van der Waals surface area contributed by atoms with Crippen LogP contribution in [-0.2, 0) is 78.3 Å². The summed E-state index contributed by atoms with van der Waals surface area (Å²) >= 11 is 2.68. The Balaban J connectivity index is 2.46. The molecule has 668 valence electrons. The molecule has 16 atom stereocenters. The van der Waals surface area contributed by atoms with E-state index in [1.807, 2.05) is 45.9 Å². The molecule has 0 aliphatic carbocycles. The second kappa shape index (κ2) is 55.9. The highest BCUT2D eigenvalue weighted by Gasteiger charge is 2.39. The number of aliphatic hydroxyl groups excluding tert-OH is 2. The number of nitrogens with two attached hydrogens (primary N) is 5. The number of fused-ring (bicyclic) bond motifs is 1. The molecule has 0 saturated carbocycles. The Kier molecular flexibility index (Phi) is 49.9. The van der Waals surface area contributed by atoms with E-state index in [1.165, 1.54) is 51.2 Å². The van der Waals surface area contributed by atoms with E-state index in [0.29, 0.717) is 49.8 Å². The van der Waals surface area contributed by atoms with Crippen LogP contribution in [0.2, 0.25) is 0 Å². The maximum Gasteiger partial charge on any atom is 0.245 e. The number of aromatic nitrogens is 1. The van der Waals surface area contributed by atoms with Crippen LogP contribution in [0.4, 0.5) is 0 Å². The van der Waals surface area contributed by atoms with Crippen molar-refractivity contribution < 1.29 is 82.1 Å². The van der Waals surface area contributed by atoms with Crippen molar-refractivity contribution in [3.63, 3.8) is 0 Å². The third-order valence-corrected chi connectivity index (χ3v) is 20.4. The average Bonchev–Trinajstić information content (AvgIpc) is 1.66. The summed E-state index contributed by atoms with van der Waals surface area (Å²) < 4.78 is 0. The first-order valence-electron chi connectivity index (χ1n) is 40.9. The zero-order valence-electron chi connectivity index (χ0n) is 71.2. The van der Waals surface area contributed by atoms with Crippen molar-refractivity contribution >= 4 is 123 Å². The van der Waals surface area contributed by atoms with E-state index in [0.717, 1.165) is 10.9 Å². The number of H-pyrrole nitrogens is 1. The largest absolute Gasteiger partial charge is 0.391 e. The van der Waals surface area contributed by atoms with Gasteiger partial charge in [0.25, 0.3) is 0 Å². The molecule has 1 aromatic carbocycles. The minimum absolute atomic E-state index is 0.00191. The number of unbranched alkanes of at least 4 members (excludes halogenated alkanes) is 3. The fraction of sp³-hybridized carbons (Fsp3) is 0.709. The van der Waals surface area contributed by atoms with Crippen LogP contribution in [0.25, 0.3) is 10.9 Å². The van der Waals surface area contributed by atoms with E-state index in [9.17, 15) is 82.1 Å². The van der Waals surface area contributed by atoms with Crippen LogP contribution in [0.1, 0.15) is 185 Å². The predicted molar refractivity (Wildman–Crippen MR) is 455 cm³/mol. The Labute approximate surface area is 702 Å². The number of para-hydroxylation sites is 1. The summed E-state index contributed by atoms with van der Waals surface area (Å²) in [5, 5.41) is 59.5. The maximum absolute atomic E-state index is 14.7. The second-order valence-corrected chi connectivity index (χ2v) is 33.7. The second-order valence-electron chi connectivity index (χ2n) is 31.8. The zero-order chi connectivity index (χ0) is 89.1. The monoisotopic (exact) mass is 1700 g/mol. The molecule has 0 aliphatic heterocycles. The molecule has 0 fully saturated rings. The first-order valence-corrected chi connectivity index (χ1v) is 43.7. The van der Waals surface area contributed by atoms with Crippen LogP contribution in [0, 0.1) is 23.7 Å². The third-order valence-electron chi connectivity index (χ3n) is 19.1. The molecule has 1 aromatic heterocycles. The maximum atomic E-state index is 14.7. The van der Waals surface area contributed by atoms with Gasteiger partial charge < -0.3 is 118 Å². The van der Waals surface area contributed by atoms with Crippen molar-refractivity contribution in [2.45, 2.75) is 283 Å². The molecular formula is C79H138N20O17S2. The molecular weight excluding hydrogens is 1570 g/mol. The minimum atomic E-state index is -1.75. The van der Waals surface area contributed by atoms with Gasteiger partial charge in [-0.15, -0.1) is 0 Å². The Morgan fingerprint density at radius 3 is 1.11 bits per heavy atom. The lowest BCUT2D eigenvalue weighted by Gasteiger charge is -2.29. The molecule has 2 aromatic rings. The molecule has 27 N–H and O–H groups in total. The van der Waals surface area contributed by atoms with Gasteiger partial charge in [-0.2, -0.15) is 23.5 Å². The quantitative estimate of drug-likeness (QED) is 0.0313. The van der Waals surface area contributed by atoms with Crippen molar-refractivity contribution in [3.05, 3.63) is 36.0 Å². The summed E-state index contributed by atoms with van der Waals surface area (Å²) in [5.41, 5.74) is 30.4. The topological polar surface area (TPSA) is 611 Å². The van der Waals surface area contributed by atoms with Crippen molar-refractivity contribution in [1.29, 1.82) is 0 Å². The van der Waals surface area contributed by atoms with Crippen LogP contribution in [0.15, 0.2) is 30.5 Å². The fourth-order valence-electron chi connectivity index (χ4n) is 12.6. The lowest BCUT2D eigenvalue weighted by molar-refractivity contribution is -0.137. The molecule has 0 saturated heterocycles. The van der Waals surface area contributed by atoms with E-state index >= 15 is 0 Å². The minimum Gasteiger partial charge on any atom is -0.391 e. The number of nitrogens with one attached hydrogen (secondary N) is 15. The number of benzene rings is 1. The molecule has 1 heterocycles. The highest BCUT2D eigenvalue weighted by Crippen LogP contribution is 2.21. The summed E-state index contributed by atoms with van der Waals surface area (Å²) in [6, 6.07) is -11.2.